The highest BCUT2D eigenvalue weighted by Gasteiger charge is 2.12. The highest BCUT2D eigenvalue weighted by Crippen LogP contribution is 2.25. The molecule has 6 heteroatoms. The number of fused-ring (bicyclic) bond motifs is 1. The number of benzene rings is 2. The van der Waals surface area contributed by atoms with E-state index in [1.54, 1.807) is 20.8 Å². The topological polar surface area (TPSA) is 81.4 Å². The Hall–Kier alpha value is -2.21. The summed E-state index contributed by atoms with van der Waals surface area (Å²) in [5, 5.41) is 2.38. The Morgan fingerprint density at radius 1 is 1.11 bits per heavy atom. The van der Waals surface area contributed by atoms with Crippen molar-refractivity contribution in [2.75, 3.05) is 0 Å². The molecule has 27 heavy (non-hydrogen) atoms. The second-order valence-corrected chi connectivity index (χ2v) is 8.42. The number of carbonyl (C=O) groups excluding carboxylic acids is 2. The van der Waals surface area contributed by atoms with Crippen LogP contribution in [0.1, 0.15) is 47.5 Å². The van der Waals surface area contributed by atoms with Gasteiger partial charge in [0.05, 0.1) is 0 Å². The lowest BCUT2D eigenvalue weighted by Gasteiger charge is -2.16. The molecule has 0 aliphatic carbocycles. The van der Waals surface area contributed by atoms with Crippen LogP contribution in [-0.4, -0.2) is 17.6 Å². The molecule has 0 saturated carbocycles. The monoisotopic (exact) mass is 390 g/mol. The highest BCUT2D eigenvalue weighted by molar-refractivity contribution is 7.98. The van der Waals surface area contributed by atoms with E-state index in [0.29, 0.717) is 12.3 Å². The van der Waals surface area contributed by atoms with Crippen molar-refractivity contribution < 1.29 is 14.3 Å². The Bertz CT molecular complexity index is 749. The second kappa shape index (κ2) is 10.8. The average molecular weight is 391 g/mol. The molecule has 2 aromatic carbocycles. The summed E-state index contributed by atoms with van der Waals surface area (Å²) in [6.45, 7) is 9.55. The minimum Gasteiger partial charge on any atom is -0.444 e. The van der Waals surface area contributed by atoms with Crippen molar-refractivity contribution in [3.8, 4) is 0 Å². The van der Waals surface area contributed by atoms with E-state index in [1.807, 2.05) is 24.3 Å². The van der Waals surface area contributed by atoms with Gasteiger partial charge in [0.2, 0.25) is 5.91 Å². The van der Waals surface area contributed by atoms with Crippen LogP contribution < -0.4 is 10.5 Å². The normalized spacial score (nSPS) is 10.9. The maximum Gasteiger partial charge on any atom is 0.405 e. The van der Waals surface area contributed by atoms with Crippen molar-refractivity contribution in [3.63, 3.8) is 0 Å². The fourth-order valence-corrected chi connectivity index (χ4v) is 2.94. The summed E-state index contributed by atoms with van der Waals surface area (Å²) in [5.74, 6) is 0.667. The molecule has 2 rings (SSSR count). The van der Waals surface area contributed by atoms with Crippen LogP contribution in [0.5, 0.6) is 0 Å². The quantitative estimate of drug-likeness (QED) is 0.681. The van der Waals surface area contributed by atoms with Crippen molar-refractivity contribution in [2.24, 2.45) is 11.7 Å². The first-order valence-electron chi connectivity index (χ1n) is 9.00. The van der Waals surface area contributed by atoms with Gasteiger partial charge in [-0.2, -0.15) is 0 Å². The number of primary amides is 1. The van der Waals surface area contributed by atoms with Gasteiger partial charge in [-0.25, -0.2) is 4.79 Å². The lowest BCUT2D eigenvalue weighted by atomic mass is 10.1. The van der Waals surface area contributed by atoms with Crippen LogP contribution in [0.2, 0.25) is 0 Å². The van der Waals surface area contributed by atoms with Crippen LogP contribution in [0.4, 0.5) is 4.79 Å². The first kappa shape index (κ1) is 22.8. The predicted molar refractivity (Wildman–Crippen MR) is 112 cm³/mol. The van der Waals surface area contributed by atoms with Gasteiger partial charge >= 0.3 is 6.09 Å². The van der Waals surface area contributed by atoms with E-state index in [2.05, 4.69) is 41.5 Å². The van der Waals surface area contributed by atoms with E-state index in [-0.39, 0.29) is 5.91 Å². The molecule has 0 heterocycles. The number of nitrogens with one attached hydrogen (secondary N) is 1. The number of amides is 2. The van der Waals surface area contributed by atoms with Crippen LogP contribution in [0.25, 0.3) is 10.8 Å². The van der Waals surface area contributed by atoms with Crippen molar-refractivity contribution in [1.82, 2.24) is 4.72 Å². The summed E-state index contributed by atoms with van der Waals surface area (Å²) in [6, 6.07) is 14.4. The molecular weight excluding hydrogens is 360 g/mol. The van der Waals surface area contributed by atoms with Crippen molar-refractivity contribution in [3.05, 3.63) is 42.5 Å². The molecule has 0 fully saturated rings. The summed E-state index contributed by atoms with van der Waals surface area (Å²) in [4.78, 5) is 22.8. The standard InChI is InChI=1S/C16H19NOS.C5H11NO2/c1-12(2)10-11-16(18)17-19-15-9-5-7-13-6-3-4-8-14(13)15;1-5(2,3)8-4(6)7/h3-9,12H,10-11H2,1-2H3,(H,17,18);1-3H3,(H2,6,7). The highest BCUT2D eigenvalue weighted by atomic mass is 32.2. The fourth-order valence-electron chi connectivity index (χ4n) is 2.17. The van der Waals surface area contributed by atoms with E-state index in [4.69, 9.17) is 5.73 Å². The predicted octanol–water partition coefficient (Wildman–Crippen LogP) is 5.28. The van der Waals surface area contributed by atoms with E-state index in [1.165, 1.54) is 22.7 Å². The molecule has 0 radical (unpaired) electrons. The fraction of sp³-hybridized carbons (Fsp3) is 0.429. The van der Waals surface area contributed by atoms with Gasteiger partial charge in [-0.1, -0.05) is 50.2 Å². The van der Waals surface area contributed by atoms with E-state index < -0.39 is 11.7 Å². The molecule has 0 atom stereocenters. The molecule has 2 aromatic rings. The summed E-state index contributed by atoms with van der Waals surface area (Å²) in [5.41, 5.74) is 4.26. The number of rotatable bonds is 5. The molecule has 0 unspecified atom stereocenters. The summed E-state index contributed by atoms with van der Waals surface area (Å²) >= 11 is 1.41. The third-order valence-corrected chi connectivity index (χ3v) is 4.29. The van der Waals surface area contributed by atoms with Crippen molar-refractivity contribution in [2.45, 2.75) is 58.0 Å². The van der Waals surface area contributed by atoms with Gasteiger partial charge < -0.3 is 10.5 Å². The Morgan fingerprint density at radius 2 is 1.74 bits per heavy atom. The van der Waals surface area contributed by atoms with Gasteiger partial charge in [0.15, 0.2) is 0 Å². The lowest BCUT2D eigenvalue weighted by molar-refractivity contribution is -0.119. The largest absolute Gasteiger partial charge is 0.444 e. The number of nitrogens with two attached hydrogens (primary N) is 1. The summed E-state index contributed by atoms with van der Waals surface area (Å²) in [6.07, 6.45) is 0.801. The van der Waals surface area contributed by atoms with Crippen LogP contribution in [0.15, 0.2) is 47.4 Å². The second-order valence-electron chi connectivity index (χ2n) is 7.57. The molecule has 0 aliphatic heterocycles. The number of carbonyl (C=O) groups is 2. The third-order valence-electron chi connectivity index (χ3n) is 3.38. The minimum atomic E-state index is -0.725. The van der Waals surface area contributed by atoms with Gasteiger partial charge in [0, 0.05) is 11.3 Å². The Kier molecular flexibility index (Phi) is 9.15. The van der Waals surface area contributed by atoms with Crippen LogP contribution in [0, 0.1) is 5.92 Å². The number of ether oxygens (including phenoxy) is 1. The number of hydrogen-bond donors (Lipinski definition) is 2. The molecule has 0 bridgehead atoms. The van der Waals surface area contributed by atoms with E-state index in [9.17, 15) is 9.59 Å². The molecule has 2 amide bonds. The lowest BCUT2D eigenvalue weighted by Crippen LogP contribution is -2.27. The van der Waals surface area contributed by atoms with Crippen LogP contribution in [0.3, 0.4) is 0 Å². The molecular formula is C21H30N2O3S. The molecule has 0 spiro atoms. The van der Waals surface area contributed by atoms with E-state index in [0.717, 1.165) is 11.3 Å². The van der Waals surface area contributed by atoms with Crippen LogP contribution >= 0.6 is 11.9 Å². The van der Waals surface area contributed by atoms with Gasteiger partial charge in [0.25, 0.3) is 0 Å². The maximum absolute atomic E-state index is 11.7. The smallest absolute Gasteiger partial charge is 0.405 e. The maximum atomic E-state index is 11.7. The Labute approximate surface area is 166 Å². The van der Waals surface area contributed by atoms with Crippen molar-refractivity contribution >= 4 is 34.7 Å². The van der Waals surface area contributed by atoms with Gasteiger partial charge in [-0.15, -0.1) is 0 Å². The molecule has 0 aliphatic rings. The minimum absolute atomic E-state index is 0.103. The summed E-state index contributed by atoms with van der Waals surface area (Å²) < 4.78 is 7.50. The van der Waals surface area contributed by atoms with Gasteiger partial charge in [-0.05, 0) is 61.9 Å². The molecule has 0 aromatic heterocycles. The SMILES string of the molecule is CC(C)(C)OC(N)=O.CC(C)CCC(=O)NSc1cccc2ccccc12. The molecule has 3 N–H and O–H groups in total. The first-order valence-corrected chi connectivity index (χ1v) is 9.82. The van der Waals surface area contributed by atoms with Gasteiger partial charge in [-0.3, -0.25) is 9.52 Å². The molecule has 5 nitrogen and oxygen atoms in total. The third kappa shape index (κ3) is 9.89. The molecule has 0 saturated heterocycles. The zero-order chi connectivity index (χ0) is 20.4. The van der Waals surface area contributed by atoms with E-state index >= 15 is 0 Å². The number of hydrogen-bond acceptors (Lipinski definition) is 4. The van der Waals surface area contributed by atoms with Crippen LogP contribution in [-0.2, 0) is 9.53 Å². The van der Waals surface area contributed by atoms with Crippen molar-refractivity contribution in [1.29, 1.82) is 0 Å². The Morgan fingerprint density at radius 3 is 2.30 bits per heavy atom. The molecule has 148 valence electrons. The first-order chi connectivity index (χ1) is 12.6. The zero-order valence-electron chi connectivity index (χ0n) is 16.7. The Balaban J connectivity index is 0.000000387. The summed E-state index contributed by atoms with van der Waals surface area (Å²) in [7, 11) is 0. The zero-order valence-corrected chi connectivity index (χ0v) is 17.6. The average Bonchev–Trinajstić information content (AvgIpc) is 2.56. The van der Waals surface area contributed by atoms with Gasteiger partial charge in [0.1, 0.15) is 5.60 Å².